The molecule has 3 nitrogen and oxygen atoms in total. The number of hydrogen-bond acceptors (Lipinski definition) is 2. The molecule has 2 heterocycles. The van der Waals surface area contributed by atoms with Gasteiger partial charge in [0.05, 0.1) is 5.69 Å². The summed E-state index contributed by atoms with van der Waals surface area (Å²) in [5.41, 5.74) is 4.90. The summed E-state index contributed by atoms with van der Waals surface area (Å²) in [7, 11) is 0. The Morgan fingerprint density at radius 3 is 2.78 bits per heavy atom. The number of carbonyl (C=O) groups is 1. The number of carbonyl (C=O) groups excluding carboxylic acids is 1. The van der Waals surface area contributed by atoms with Crippen molar-refractivity contribution in [3.05, 3.63) is 41.2 Å². The lowest BCUT2D eigenvalue weighted by Gasteiger charge is -2.14. The number of rotatable bonds is 4. The average Bonchev–Trinajstić information content (AvgIpc) is 3.15. The highest BCUT2D eigenvalue weighted by Gasteiger charge is 2.25. The van der Waals surface area contributed by atoms with Gasteiger partial charge >= 0.3 is 0 Å². The molecule has 124 valence electrons. The van der Waals surface area contributed by atoms with Gasteiger partial charge in [-0.2, -0.15) is 0 Å². The number of hydrogen-bond donors (Lipinski definition) is 1. The number of halogens is 1. The van der Waals surface area contributed by atoms with Gasteiger partial charge in [0.15, 0.2) is 5.78 Å². The number of ketones is 1. The van der Waals surface area contributed by atoms with Crippen molar-refractivity contribution in [2.45, 2.75) is 57.4 Å². The number of aromatic nitrogens is 1. The second-order valence-corrected chi connectivity index (χ2v) is 6.72. The molecular weight excluding hydrogens is 308 g/mol. The zero-order chi connectivity index (χ0) is 14.9. The van der Waals surface area contributed by atoms with E-state index in [0.717, 1.165) is 31.5 Å². The van der Waals surface area contributed by atoms with Crippen LogP contribution in [0, 0.1) is 0 Å². The number of nitrogens with zero attached hydrogens (tertiary/aromatic N) is 1. The van der Waals surface area contributed by atoms with Gasteiger partial charge in [0.2, 0.25) is 0 Å². The molecule has 0 amide bonds. The van der Waals surface area contributed by atoms with Crippen molar-refractivity contribution in [3.63, 3.8) is 0 Å². The van der Waals surface area contributed by atoms with Gasteiger partial charge in [0.1, 0.15) is 0 Å². The Hall–Kier alpha value is -1.32. The summed E-state index contributed by atoms with van der Waals surface area (Å²) in [5, 5.41) is 3.71. The molecule has 0 unspecified atom stereocenters. The van der Waals surface area contributed by atoms with Gasteiger partial charge in [0, 0.05) is 24.2 Å². The van der Waals surface area contributed by atoms with Crippen molar-refractivity contribution in [2.24, 2.45) is 0 Å². The fourth-order valence-electron chi connectivity index (χ4n) is 4.25. The Kier molecular flexibility index (Phi) is 5.08. The van der Waals surface area contributed by atoms with E-state index in [1.807, 2.05) is 12.3 Å². The van der Waals surface area contributed by atoms with E-state index < -0.39 is 0 Å². The lowest BCUT2D eigenvalue weighted by Crippen LogP contribution is -2.28. The van der Waals surface area contributed by atoms with E-state index in [1.54, 1.807) is 0 Å². The van der Waals surface area contributed by atoms with Crippen LogP contribution < -0.4 is 5.32 Å². The van der Waals surface area contributed by atoms with Crippen LogP contribution in [-0.2, 0) is 12.8 Å². The number of fused-ring (bicyclic) bond motifs is 3. The zero-order valence-electron chi connectivity index (χ0n) is 13.5. The Morgan fingerprint density at radius 2 is 1.96 bits per heavy atom. The maximum absolute atomic E-state index is 12.4. The molecule has 0 spiro atoms. The second kappa shape index (κ2) is 7.06. The lowest BCUT2D eigenvalue weighted by atomic mass is 9.92. The van der Waals surface area contributed by atoms with Crippen LogP contribution in [0.5, 0.6) is 0 Å². The third-order valence-electron chi connectivity index (χ3n) is 5.32. The average molecular weight is 333 g/mol. The van der Waals surface area contributed by atoms with Crippen molar-refractivity contribution in [1.29, 1.82) is 0 Å². The Bertz CT molecular complexity index is 701. The molecular formula is C19H25ClN2O. The number of pyridine rings is 1. The van der Waals surface area contributed by atoms with Crippen LogP contribution in [0.15, 0.2) is 24.4 Å². The molecule has 4 rings (SSSR count). The number of nitrogens with one attached hydrogen (secondary N) is 1. The van der Waals surface area contributed by atoms with Gasteiger partial charge in [-0.15, -0.1) is 12.4 Å². The topological polar surface area (TPSA) is 33.5 Å². The summed E-state index contributed by atoms with van der Waals surface area (Å²) in [6.45, 7) is 1.03. The third-order valence-corrected chi connectivity index (χ3v) is 5.32. The zero-order valence-corrected chi connectivity index (χ0v) is 14.3. The van der Waals surface area contributed by atoms with Crippen molar-refractivity contribution >= 4 is 23.7 Å². The molecule has 2 aliphatic carbocycles. The smallest absolute Gasteiger partial charge is 0.179 e. The van der Waals surface area contributed by atoms with Crippen LogP contribution in [-0.4, -0.2) is 22.8 Å². The lowest BCUT2D eigenvalue weighted by molar-refractivity contribution is 0.0966. The fraction of sp³-hybridized carbons (Fsp3) is 0.526. The molecule has 1 N–H and O–H groups in total. The highest BCUT2D eigenvalue weighted by molar-refractivity contribution is 5.99. The first-order valence-corrected chi connectivity index (χ1v) is 8.72. The summed E-state index contributed by atoms with van der Waals surface area (Å²) in [4.78, 5) is 12.4. The van der Waals surface area contributed by atoms with Gasteiger partial charge in [-0.25, -0.2) is 0 Å². The van der Waals surface area contributed by atoms with Gasteiger partial charge in [-0.3, -0.25) is 4.79 Å². The van der Waals surface area contributed by atoms with Crippen molar-refractivity contribution in [3.8, 4) is 0 Å². The molecule has 0 bridgehead atoms. The first-order valence-electron chi connectivity index (χ1n) is 8.72. The van der Waals surface area contributed by atoms with Crippen LogP contribution in [0.2, 0.25) is 0 Å². The van der Waals surface area contributed by atoms with E-state index in [9.17, 15) is 4.79 Å². The quantitative estimate of drug-likeness (QED) is 0.919. The highest BCUT2D eigenvalue weighted by Crippen LogP contribution is 2.30. The maximum Gasteiger partial charge on any atom is 0.179 e. The number of Topliss-reactive ketones (excluding diaryl/α,β-unsaturated/α-hetero) is 1. The molecule has 2 aromatic heterocycles. The Labute approximate surface area is 143 Å². The van der Waals surface area contributed by atoms with E-state index in [2.05, 4.69) is 21.9 Å². The first kappa shape index (κ1) is 16.5. The predicted molar refractivity (Wildman–Crippen MR) is 95.9 cm³/mol. The maximum atomic E-state index is 12.4. The van der Waals surface area contributed by atoms with Crippen LogP contribution in [0.3, 0.4) is 0 Å². The Morgan fingerprint density at radius 1 is 1.13 bits per heavy atom. The minimum atomic E-state index is 0. The summed E-state index contributed by atoms with van der Waals surface area (Å²) in [6, 6.07) is 6.98. The molecule has 4 heteroatoms. The van der Waals surface area contributed by atoms with Crippen molar-refractivity contribution in [2.75, 3.05) is 6.54 Å². The molecule has 2 aliphatic rings. The van der Waals surface area contributed by atoms with Gasteiger partial charge in [0.25, 0.3) is 0 Å². The fourth-order valence-corrected chi connectivity index (χ4v) is 4.25. The third kappa shape index (κ3) is 3.05. The summed E-state index contributed by atoms with van der Waals surface area (Å²) in [5.74, 6) is 0.317. The minimum Gasteiger partial charge on any atom is -0.314 e. The van der Waals surface area contributed by atoms with Crippen molar-refractivity contribution in [1.82, 2.24) is 9.72 Å². The molecule has 0 radical (unpaired) electrons. The van der Waals surface area contributed by atoms with Crippen LogP contribution in [0.4, 0.5) is 0 Å². The van der Waals surface area contributed by atoms with Crippen LogP contribution >= 0.6 is 12.4 Å². The van der Waals surface area contributed by atoms with E-state index >= 15 is 0 Å². The van der Waals surface area contributed by atoms with E-state index in [1.165, 1.54) is 42.3 Å². The molecule has 0 atom stereocenters. The predicted octanol–water partition coefficient (Wildman–Crippen LogP) is 3.95. The van der Waals surface area contributed by atoms with E-state index in [0.29, 0.717) is 18.2 Å². The molecule has 23 heavy (non-hydrogen) atoms. The molecule has 1 fully saturated rings. The molecule has 0 saturated heterocycles. The van der Waals surface area contributed by atoms with Gasteiger partial charge in [-0.05, 0) is 61.9 Å². The van der Waals surface area contributed by atoms with Gasteiger partial charge in [-0.1, -0.05) is 18.9 Å². The molecule has 2 aromatic rings. The normalized spacial score (nSPS) is 18.2. The largest absolute Gasteiger partial charge is 0.314 e. The molecule has 0 aliphatic heterocycles. The molecule has 1 saturated carbocycles. The monoisotopic (exact) mass is 332 g/mol. The summed E-state index contributed by atoms with van der Waals surface area (Å²) < 4.78 is 2.13. The van der Waals surface area contributed by atoms with Crippen LogP contribution in [0.1, 0.15) is 60.1 Å². The summed E-state index contributed by atoms with van der Waals surface area (Å²) >= 11 is 0. The first-order chi connectivity index (χ1) is 10.8. The van der Waals surface area contributed by atoms with Crippen LogP contribution in [0.25, 0.3) is 5.52 Å². The highest BCUT2D eigenvalue weighted by atomic mass is 35.5. The summed E-state index contributed by atoms with van der Waals surface area (Å²) in [6.07, 6.45) is 11.2. The standard InChI is InChI=1S/C19H24N2O.ClH/c22-18-10-5-8-16-15(11-12-20-14-6-1-2-7-14)17-9-3-4-13-21(17)19(16)18;/h3-4,9,13-14,20H,1-2,5-8,10-12H2;1H. The SMILES string of the molecule is Cl.O=C1CCCc2c(CCNC3CCCC3)c3ccccn3c21. The van der Waals surface area contributed by atoms with E-state index in [4.69, 9.17) is 0 Å². The van der Waals surface area contributed by atoms with Crippen molar-refractivity contribution < 1.29 is 4.79 Å². The second-order valence-electron chi connectivity index (χ2n) is 6.72. The minimum absolute atomic E-state index is 0. The van der Waals surface area contributed by atoms with Gasteiger partial charge < -0.3 is 9.72 Å². The molecule has 0 aromatic carbocycles. The van der Waals surface area contributed by atoms with E-state index in [-0.39, 0.29) is 12.4 Å². The Balaban J connectivity index is 0.00000156.